The standard InChI is InChI=1S/C13H12BrNO4S2/c1-8(9-2-4-10(14)5-3-9)15-21(18,19)11-6-7-20-12(11)13(16)17/h2-8,15H,1H3,(H,16,17)/t8-/m0/s1. The zero-order chi connectivity index (χ0) is 15.6. The molecule has 1 aromatic carbocycles. The number of rotatable bonds is 5. The highest BCUT2D eigenvalue weighted by atomic mass is 79.9. The number of aromatic carboxylic acids is 1. The van der Waals surface area contributed by atoms with Gasteiger partial charge in [0.2, 0.25) is 10.0 Å². The fourth-order valence-electron chi connectivity index (χ4n) is 1.78. The average Bonchev–Trinajstić information content (AvgIpc) is 2.89. The van der Waals surface area contributed by atoms with Crippen LogP contribution in [0.3, 0.4) is 0 Å². The van der Waals surface area contributed by atoms with Crippen molar-refractivity contribution >= 4 is 43.3 Å². The van der Waals surface area contributed by atoms with Crippen LogP contribution in [0, 0.1) is 0 Å². The van der Waals surface area contributed by atoms with Crippen molar-refractivity contribution in [3.8, 4) is 0 Å². The summed E-state index contributed by atoms with van der Waals surface area (Å²) in [6.45, 7) is 1.70. The minimum Gasteiger partial charge on any atom is -0.477 e. The summed E-state index contributed by atoms with van der Waals surface area (Å²) in [6, 6.07) is 8.04. The smallest absolute Gasteiger partial charge is 0.347 e. The molecule has 8 heteroatoms. The molecule has 0 bridgehead atoms. The number of nitrogens with one attached hydrogen (secondary N) is 1. The first-order valence-corrected chi connectivity index (χ1v) is 9.05. The summed E-state index contributed by atoms with van der Waals surface area (Å²) in [5.74, 6) is -1.25. The van der Waals surface area contributed by atoms with Gasteiger partial charge in [-0.3, -0.25) is 0 Å². The van der Waals surface area contributed by atoms with E-state index in [1.807, 2.05) is 12.1 Å². The first kappa shape index (κ1) is 16.2. The van der Waals surface area contributed by atoms with Crippen LogP contribution < -0.4 is 4.72 Å². The minimum atomic E-state index is -3.88. The van der Waals surface area contributed by atoms with Crippen LogP contribution in [-0.4, -0.2) is 19.5 Å². The van der Waals surface area contributed by atoms with E-state index in [0.717, 1.165) is 21.4 Å². The third kappa shape index (κ3) is 3.70. The minimum absolute atomic E-state index is 0.189. The van der Waals surface area contributed by atoms with Gasteiger partial charge in [-0.15, -0.1) is 11.3 Å². The Bertz CT molecular complexity index is 753. The third-order valence-electron chi connectivity index (χ3n) is 2.81. The van der Waals surface area contributed by atoms with Crippen molar-refractivity contribution in [2.75, 3.05) is 0 Å². The summed E-state index contributed by atoms with van der Waals surface area (Å²) in [4.78, 5) is 10.6. The summed E-state index contributed by atoms with van der Waals surface area (Å²) in [5, 5.41) is 10.5. The molecule has 2 N–H and O–H groups in total. The van der Waals surface area contributed by atoms with Gasteiger partial charge in [0.25, 0.3) is 0 Å². The molecule has 1 heterocycles. The van der Waals surface area contributed by atoms with Gasteiger partial charge in [-0.2, -0.15) is 0 Å². The maximum atomic E-state index is 12.3. The summed E-state index contributed by atoms with van der Waals surface area (Å²) < 4.78 is 28.0. The number of carboxylic acid groups (broad SMARTS) is 1. The van der Waals surface area contributed by atoms with Gasteiger partial charge in [-0.25, -0.2) is 17.9 Å². The van der Waals surface area contributed by atoms with Crippen LogP contribution in [0.1, 0.15) is 28.2 Å². The first-order chi connectivity index (χ1) is 9.81. The Kier molecular flexibility index (Phi) is 4.82. The molecule has 0 amide bonds. The molecule has 112 valence electrons. The molecule has 1 aromatic heterocycles. The molecule has 0 saturated carbocycles. The summed E-state index contributed by atoms with van der Waals surface area (Å²) in [7, 11) is -3.88. The second-order valence-electron chi connectivity index (χ2n) is 4.31. The molecule has 21 heavy (non-hydrogen) atoms. The Balaban J connectivity index is 2.27. The van der Waals surface area contributed by atoms with Crippen LogP contribution in [0.5, 0.6) is 0 Å². The second-order valence-corrected chi connectivity index (χ2v) is 7.83. The van der Waals surface area contributed by atoms with E-state index < -0.39 is 22.0 Å². The van der Waals surface area contributed by atoms with Crippen LogP contribution in [0.15, 0.2) is 45.1 Å². The van der Waals surface area contributed by atoms with Crippen molar-refractivity contribution in [1.82, 2.24) is 4.72 Å². The van der Waals surface area contributed by atoms with Crippen molar-refractivity contribution in [1.29, 1.82) is 0 Å². The summed E-state index contributed by atoms with van der Waals surface area (Å²) >= 11 is 4.19. The molecule has 0 aliphatic carbocycles. The number of hydrogen-bond donors (Lipinski definition) is 2. The largest absolute Gasteiger partial charge is 0.477 e. The van der Waals surface area contributed by atoms with Crippen LogP contribution in [0.2, 0.25) is 0 Å². The van der Waals surface area contributed by atoms with Gasteiger partial charge in [0.15, 0.2) is 0 Å². The fraction of sp³-hybridized carbons (Fsp3) is 0.154. The molecule has 1 atom stereocenters. The molecular formula is C13H12BrNO4S2. The van der Waals surface area contributed by atoms with E-state index in [1.54, 1.807) is 19.1 Å². The van der Waals surface area contributed by atoms with Crippen molar-refractivity contribution in [2.45, 2.75) is 17.9 Å². The molecule has 2 rings (SSSR count). The number of hydrogen-bond acceptors (Lipinski definition) is 4. The van der Waals surface area contributed by atoms with Gasteiger partial charge < -0.3 is 5.11 Å². The van der Waals surface area contributed by atoms with Crippen LogP contribution in [0.4, 0.5) is 0 Å². The zero-order valence-corrected chi connectivity index (χ0v) is 14.1. The maximum Gasteiger partial charge on any atom is 0.347 e. The number of carboxylic acids is 1. The van der Waals surface area contributed by atoms with E-state index in [2.05, 4.69) is 20.7 Å². The molecular weight excluding hydrogens is 378 g/mol. The Morgan fingerprint density at radius 2 is 1.90 bits per heavy atom. The average molecular weight is 390 g/mol. The molecule has 0 aliphatic rings. The number of thiophene rings is 1. The topological polar surface area (TPSA) is 83.5 Å². The molecule has 0 unspecified atom stereocenters. The SMILES string of the molecule is C[C@H](NS(=O)(=O)c1ccsc1C(=O)O)c1ccc(Br)cc1. The lowest BCUT2D eigenvalue weighted by Crippen LogP contribution is -2.27. The first-order valence-electron chi connectivity index (χ1n) is 5.90. The Morgan fingerprint density at radius 1 is 1.29 bits per heavy atom. The van der Waals surface area contributed by atoms with Crippen molar-refractivity contribution in [3.05, 3.63) is 50.6 Å². The predicted molar refractivity (Wildman–Crippen MR) is 84.2 cm³/mol. The van der Waals surface area contributed by atoms with Gasteiger partial charge in [0.05, 0.1) is 0 Å². The van der Waals surface area contributed by atoms with Crippen LogP contribution >= 0.6 is 27.3 Å². The van der Waals surface area contributed by atoms with Gasteiger partial charge in [-0.05, 0) is 36.1 Å². The molecule has 0 fully saturated rings. The second kappa shape index (κ2) is 6.27. The molecule has 5 nitrogen and oxygen atoms in total. The van der Waals surface area contributed by atoms with Crippen molar-refractivity contribution < 1.29 is 18.3 Å². The van der Waals surface area contributed by atoms with Crippen molar-refractivity contribution in [2.24, 2.45) is 0 Å². The lowest BCUT2D eigenvalue weighted by atomic mass is 10.1. The number of halogens is 1. The van der Waals surface area contributed by atoms with Gasteiger partial charge >= 0.3 is 5.97 Å². The Morgan fingerprint density at radius 3 is 2.48 bits per heavy atom. The summed E-state index contributed by atoms with van der Waals surface area (Å²) in [6.07, 6.45) is 0. The Labute approximate surface area is 134 Å². The normalized spacial score (nSPS) is 13.0. The monoisotopic (exact) mass is 389 g/mol. The van der Waals surface area contributed by atoms with Gasteiger partial charge in [0, 0.05) is 10.5 Å². The van der Waals surface area contributed by atoms with E-state index in [-0.39, 0.29) is 9.77 Å². The molecule has 0 saturated heterocycles. The number of carbonyl (C=O) groups is 1. The maximum absolute atomic E-state index is 12.3. The Hall–Kier alpha value is -1.22. The van der Waals surface area contributed by atoms with E-state index in [9.17, 15) is 13.2 Å². The molecule has 0 aliphatic heterocycles. The van der Waals surface area contributed by atoms with E-state index in [0.29, 0.717) is 0 Å². The summed E-state index contributed by atoms with van der Waals surface area (Å²) in [5.41, 5.74) is 0.786. The van der Waals surface area contributed by atoms with E-state index in [1.165, 1.54) is 11.4 Å². The van der Waals surface area contributed by atoms with Crippen LogP contribution in [-0.2, 0) is 10.0 Å². The molecule has 2 aromatic rings. The fourth-order valence-corrected chi connectivity index (χ4v) is 4.54. The number of sulfonamides is 1. The number of benzene rings is 1. The van der Waals surface area contributed by atoms with E-state index >= 15 is 0 Å². The zero-order valence-electron chi connectivity index (χ0n) is 10.9. The quantitative estimate of drug-likeness (QED) is 0.821. The third-order valence-corrected chi connectivity index (χ3v) is 5.96. The lowest BCUT2D eigenvalue weighted by Gasteiger charge is -2.14. The highest BCUT2D eigenvalue weighted by Crippen LogP contribution is 2.24. The lowest BCUT2D eigenvalue weighted by molar-refractivity contribution is 0.0698. The van der Waals surface area contributed by atoms with Gasteiger partial charge in [0.1, 0.15) is 9.77 Å². The van der Waals surface area contributed by atoms with E-state index in [4.69, 9.17) is 5.11 Å². The highest BCUT2D eigenvalue weighted by Gasteiger charge is 2.25. The predicted octanol–water partition coefficient (Wildman–Crippen LogP) is 3.25. The van der Waals surface area contributed by atoms with Crippen molar-refractivity contribution in [3.63, 3.8) is 0 Å². The molecule has 0 radical (unpaired) electrons. The highest BCUT2D eigenvalue weighted by molar-refractivity contribution is 9.10. The van der Waals surface area contributed by atoms with Gasteiger partial charge in [-0.1, -0.05) is 28.1 Å². The molecule has 0 spiro atoms. The van der Waals surface area contributed by atoms with Crippen LogP contribution in [0.25, 0.3) is 0 Å².